The number of urea groups is 1. The lowest BCUT2D eigenvalue weighted by Gasteiger charge is -2.12. The highest BCUT2D eigenvalue weighted by atomic mass is 35.5. The number of amides is 3. The minimum Gasteiger partial charge on any atom is -0.303 e. The number of aromatic amines is 1. The fraction of sp³-hybridized carbons (Fsp3) is 0.0741. The van der Waals surface area contributed by atoms with Crippen molar-refractivity contribution in [2.75, 3.05) is 0 Å². The van der Waals surface area contributed by atoms with Gasteiger partial charge >= 0.3 is 6.03 Å². The van der Waals surface area contributed by atoms with Crippen molar-refractivity contribution in [2.24, 2.45) is 0 Å². The third-order valence-electron chi connectivity index (χ3n) is 5.76. The van der Waals surface area contributed by atoms with Gasteiger partial charge in [0.15, 0.2) is 0 Å². The second-order valence-corrected chi connectivity index (χ2v) is 8.63. The molecule has 4 aromatic rings. The molecule has 3 amide bonds. The van der Waals surface area contributed by atoms with E-state index in [9.17, 15) is 14.4 Å². The predicted octanol–water partition coefficient (Wildman–Crippen LogP) is 4.89. The van der Waals surface area contributed by atoms with Crippen LogP contribution in [0.1, 0.15) is 16.7 Å². The normalized spacial score (nSPS) is 14.6. The molecule has 2 N–H and O–H groups in total. The van der Waals surface area contributed by atoms with E-state index in [1.54, 1.807) is 24.3 Å². The Morgan fingerprint density at radius 1 is 0.914 bits per heavy atom. The van der Waals surface area contributed by atoms with Gasteiger partial charge in [-0.2, -0.15) is 0 Å². The molecule has 0 aliphatic carbocycles. The minimum absolute atomic E-state index is 0.0299. The standard InChI is InChI=1S/C27H21ClN4O3/c1-17-8-7-9-18(14-17)16-31-26(34)22(29-27(31)35)15-20-24(19-10-3-2-4-11-19)30-32(25(20)33)23-13-6-5-12-21(23)28/h2-15,30H,16H2,1H3,(H,29,35)/b22-15-. The molecule has 1 aromatic heterocycles. The number of H-pyrrole nitrogens is 1. The van der Waals surface area contributed by atoms with Gasteiger partial charge in [-0.3, -0.25) is 19.6 Å². The number of nitrogens with zero attached hydrogens (tertiary/aromatic N) is 2. The summed E-state index contributed by atoms with van der Waals surface area (Å²) in [5.41, 5.74) is 3.46. The zero-order chi connectivity index (χ0) is 24.5. The smallest absolute Gasteiger partial charge is 0.303 e. The molecule has 7 nitrogen and oxygen atoms in total. The number of imide groups is 1. The van der Waals surface area contributed by atoms with Crippen LogP contribution < -0.4 is 10.9 Å². The molecule has 1 saturated heterocycles. The van der Waals surface area contributed by atoms with Gasteiger partial charge in [-0.05, 0) is 30.7 Å². The summed E-state index contributed by atoms with van der Waals surface area (Å²) in [5, 5.41) is 6.12. The highest BCUT2D eigenvalue weighted by Gasteiger charge is 2.34. The van der Waals surface area contributed by atoms with Crippen LogP contribution in [0.15, 0.2) is 89.4 Å². The average molecular weight is 485 g/mol. The van der Waals surface area contributed by atoms with E-state index >= 15 is 0 Å². The van der Waals surface area contributed by atoms with Gasteiger partial charge in [0.05, 0.1) is 28.5 Å². The van der Waals surface area contributed by atoms with Gasteiger partial charge in [0.25, 0.3) is 11.5 Å². The molecule has 1 aliphatic heterocycles. The first kappa shape index (κ1) is 22.4. The third kappa shape index (κ3) is 4.29. The lowest BCUT2D eigenvalue weighted by molar-refractivity contribution is -0.123. The Hall–Kier alpha value is -4.36. The molecule has 2 heterocycles. The summed E-state index contributed by atoms with van der Waals surface area (Å²) in [4.78, 5) is 40.4. The molecular weight excluding hydrogens is 464 g/mol. The number of carbonyl (C=O) groups excluding carboxylic acids is 2. The van der Waals surface area contributed by atoms with E-state index in [1.807, 2.05) is 61.5 Å². The van der Waals surface area contributed by atoms with Crippen molar-refractivity contribution < 1.29 is 9.59 Å². The molecule has 0 atom stereocenters. The number of benzene rings is 3. The minimum atomic E-state index is -0.536. The molecule has 0 bridgehead atoms. The summed E-state index contributed by atoms with van der Waals surface area (Å²) in [7, 11) is 0. The third-order valence-corrected chi connectivity index (χ3v) is 6.08. The summed E-state index contributed by atoms with van der Waals surface area (Å²) >= 11 is 6.35. The van der Waals surface area contributed by atoms with Crippen molar-refractivity contribution in [3.63, 3.8) is 0 Å². The zero-order valence-electron chi connectivity index (χ0n) is 18.8. The van der Waals surface area contributed by atoms with Crippen LogP contribution in [0.25, 0.3) is 23.0 Å². The van der Waals surface area contributed by atoms with Crippen LogP contribution in [-0.4, -0.2) is 26.6 Å². The predicted molar refractivity (Wildman–Crippen MR) is 135 cm³/mol. The highest BCUT2D eigenvalue weighted by Crippen LogP contribution is 2.26. The van der Waals surface area contributed by atoms with Crippen LogP contribution in [0, 0.1) is 6.92 Å². The molecule has 5 rings (SSSR count). The Morgan fingerprint density at radius 3 is 2.40 bits per heavy atom. The van der Waals surface area contributed by atoms with E-state index in [2.05, 4.69) is 10.4 Å². The number of hydrogen-bond acceptors (Lipinski definition) is 3. The topological polar surface area (TPSA) is 87.2 Å². The van der Waals surface area contributed by atoms with Gasteiger partial charge in [-0.1, -0.05) is 83.9 Å². The van der Waals surface area contributed by atoms with Gasteiger partial charge < -0.3 is 5.32 Å². The van der Waals surface area contributed by atoms with Crippen LogP contribution in [0.4, 0.5) is 4.79 Å². The number of hydrogen-bond donors (Lipinski definition) is 2. The average Bonchev–Trinajstić information content (AvgIpc) is 3.31. The molecule has 0 spiro atoms. The molecule has 8 heteroatoms. The number of halogens is 1. The Labute approximate surface area is 206 Å². The van der Waals surface area contributed by atoms with E-state index in [-0.39, 0.29) is 17.8 Å². The Morgan fingerprint density at radius 2 is 1.66 bits per heavy atom. The van der Waals surface area contributed by atoms with Crippen LogP contribution in [0.2, 0.25) is 5.02 Å². The van der Waals surface area contributed by atoms with Crippen molar-refractivity contribution >= 4 is 29.6 Å². The SMILES string of the molecule is Cc1cccc(CN2C(=O)N/C(=C\c3c(-c4ccccc4)[nH]n(-c4ccccc4Cl)c3=O)C2=O)c1. The van der Waals surface area contributed by atoms with Crippen LogP contribution >= 0.6 is 11.6 Å². The fourth-order valence-electron chi connectivity index (χ4n) is 4.06. The first-order valence-electron chi connectivity index (χ1n) is 11.0. The zero-order valence-corrected chi connectivity index (χ0v) is 19.5. The Balaban J connectivity index is 1.58. The number of aromatic nitrogens is 2. The van der Waals surface area contributed by atoms with Crippen molar-refractivity contribution in [1.29, 1.82) is 0 Å². The molecule has 0 unspecified atom stereocenters. The monoisotopic (exact) mass is 484 g/mol. The molecule has 1 fully saturated rings. The lowest BCUT2D eigenvalue weighted by Crippen LogP contribution is -2.30. The Bertz CT molecular complexity index is 1540. The molecule has 3 aromatic carbocycles. The van der Waals surface area contributed by atoms with Crippen LogP contribution in [-0.2, 0) is 11.3 Å². The number of rotatable bonds is 5. The van der Waals surface area contributed by atoms with E-state index in [1.165, 1.54) is 10.8 Å². The maximum atomic E-state index is 13.5. The van der Waals surface area contributed by atoms with E-state index in [0.29, 0.717) is 16.4 Å². The lowest BCUT2D eigenvalue weighted by atomic mass is 10.1. The quantitative estimate of drug-likeness (QED) is 0.312. The van der Waals surface area contributed by atoms with Crippen molar-refractivity contribution in [1.82, 2.24) is 20.0 Å². The molecule has 0 saturated carbocycles. The second-order valence-electron chi connectivity index (χ2n) is 8.23. The largest absolute Gasteiger partial charge is 0.329 e. The summed E-state index contributed by atoms with van der Waals surface area (Å²) in [5.74, 6) is -0.500. The van der Waals surface area contributed by atoms with Gasteiger partial charge in [-0.25, -0.2) is 9.48 Å². The summed E-state index contributed by atoms with van der Waals surface area (Å²) in [6, 6.07) is 23.3. The number of aryl methyl sites for hydroxylation is 1. The van der Waals surface area contributed by atoms with Gasteiger partial charge in [-0.15, -0.1) is 0 Å². The number of para-hydroxylation sites is 1. The van der Waals surface area contributed by atoms with Crippen LogP contribution in [0.5, 0.6) is 0 Å². The maximum Gasteiger partial charge on any atom is 0.329 e. The van der Waals surface area contributed by atoms with Gasteiger partial charge in [0.2, 0.25) is 0 Å². The number of nitrogens with one attached hydrogen (secondary N) is 2. The first-order chi connectivity index (χ1) is 16.9. The first-order valence-corrected chi connectivity index (χ1v) is 11.4. The Kier molecular flexibility index (Phi) is 5.84. The van der Waals surface area contributed by atoms with Crippen LogP contribution in [0.3, 0.4) is 0 Å². The van der Waals surface area contributed by atoms with Gasteiger partial charge in [0, 0.05) is 5.56 Å². The number of carbonyl (C=O) groups is 2. The van der Waals surface area contributed by atoms with E-state index in [4.69, 9.17) is 11.6 Å². The summed E-state index contributed by atoms with van der Waals surface area (Å²) in [6.07, 6.45) is 1.42. The maximum absolute atomic E-state index is 13.5. The molecular formula is C27H21ClN4O3. The van der Waals surface area contributed by atoms with E-state index in [0.717, 1.165) is 21.6 Å². The van der Waals surface area contributed by atoms with Gasteiger partial charge in [0.1, 0.15) is 5.70 Å². The van der Waals surface area contributed by atoms with E-state index < -0.39 is 17.5 Å². The molecule has 1 aliphatic rings. The summed E-state index contributed by atoms with van der Waals surface area (Å²) in [6.45, 7) is 2.08. The second kappa shape index (κ2) is 9.12. The molecule has 0 radical (unpaired) electrons. The highest BCUT2D eigenvalue weighted by molar-refractivity contribution is 6.32. The fourth-order valence-corrected chi connectivity index (χ4v) is 4.28. The van der Waals surface area contributed by atoms with Crippen molar-refractivity contribution in [2.45, 2.75) is 13.5 Å². The molecule has 35 heavy (non-hydrogen) atoms. The summed E-state index contributed by atoms with van der Waals surface area (Å²) < 4.78 is 1.34. The van der Waals surface area contributed by atoms with Crippen molar-refractivity contribution in [3.8, 4) is 16.9 Å². The van der Waals surface area contributed by atoms with Crippen molar-refractivity contribution in [3.05, 3.63) is 117 Å². The molecule has 174 valence electrons.